The van der Waals surface area contributed by atoms with Gasteiger partial charge in [0.2, 0.25) is 0 Å². The van der Waals surface area contributed by atoms with Gasteiger partial charge in [-0.2, -0.15) is 13.2 Å². The van der Waals surface area contributed by atoms with E-state index in [1.165, 1.54) is 18.6 Å². The Labute approximate surface area is 129 Å². The lowest BCUT2D eigenvalue weighted by atomic mass is 9.81. The molecule has 0 amide bonds. The Hall–Kier alpha value is -1.07. The number of likely N-dealkylation sites (tertiary alicyclic amines) is 1. The first-order valence-electron chi connectivity index (χ1n) is 8.12. The second kappa shape index (κ2) is 6.20. The minimum Gasteiger partial charge on any atom is -0.315 e. The van der Waals surface area contributed by atoms with Crippen molar-refractivity contribution in [3.63, 3.8) is 0 Å². The van der Waals surface area contributed by atoms with Crippen LogP contribution >= 0.6 is 0 Å². The van der Waals surface area contributed by atoms with E-state index in [-0.39, 0.29) is 5.54 Å². The fourth-order valence-corrected chi connectivity index (χ4v) is 3.66. The Morgan fingerprint density at radius 1 is 1.18 bits per heavy atom. The van der Waals surface area contributed by atoms with Gasteiger partial charge in [-0.3, -0.25) is 4.90 Å². The predicted octanol–water partition coefficient (Wildman–Crippen LogP) is 3.47. The first-order valence-corrected chi connectivity index (χ1v) is 8.12. The molecule has 2 aliphatic rings. The molecule has 2 saturated heterocycles. The lowest BCUT2D eigenvalue weighted by molar-refractivity contribution is -0.137. The molecule has 2 aliphatic heterocycles. The summed E-state index contributed by atoms with van der Waals surface area (Å²) in [5, 5.41) is 3.48. The molecule has 2 heterocycles. The molecule has 2 nitrogen and oxygen atoms in total. The van der Waals surface area contributed by atoms with Crippen molar-refractivity contribution in [2.75, 3.05) is 26.2 Å². The van der Waals surface area contributed by atoms with Crippen LogP contribution < -0.4 is 5.32 Å². The summed E-state index contributed by atoms with van der Waals surface area (Å²) in [5.41, 5.74) is 0.398. The summed E-state index contributed by atoms with van der Waals surface area (Å²) in [5.74, 6) is 0. The molecule has 1 aromatic rings. The van der Waals surface area contributed by atoms with Crippen LogP contribution in [0.4, 0.5) is 13.2 Å². The highest BCUT2D eigenvalue weighted by molar-refractivity contribution is 5.26. The summed E-state index contributed by atoms with van der Waals surface area (Å²) in [7, 11) is 0. The Bertz CT molecular complexity index is 503. The molecule has 0 bridgehead atoms. The third kappa shape index (κ3) is 3.30. The van der Waals surface area contributed by atoms with Gasteiger partial charge >= 0.3 is 6.18 Å². The van der Waals surface area contributed by atoms with Crippen molar-refractivity contribution in [3.05, 3.63) is 35.4 Å². The summed E-state index contributed by atoms with van der Waals surface area (Å²) in [4.78, 5) is 2.52. The van der Waals surface area contributed by atoms with Crippen LogP contribution in [0.1, 0.15) is 36.8 Å². The number of nitrogens with one attached hydrogen (secondary N) is 1. The maximum atomic E-state index is 12.8. The molecule has 122 valence electrons. The zero-order valence-electron chi connectivity index (χ0n) is 12.8. The fraction of sp³-hybridized carbons (Fsp3) is 0.647. The van der Waals surface area contributed by atoms with Crippen molar-refractivity contribution in [2.24, 2.45) is 0 Å². The van der Waals surface area contributed by atoms with E-state index >= 15 is 0 Å². The van der Waals surface area contributed by atoms with E-state index in [1.807, 2.05) is 6.07 Å². The average molecular weight is 312 g/mol. The number of hydrogen-bond donors (Lipinski definition) is 1. The summed E-state index contributed by atoms with van der Waals surface area (Å²) in [6, 6.07) is 5.79. The van der Waals surface area contributed by atoms with E-state index in [1.54, 1.807) is 0 Å². The zero-order chi connectivity index (χ0) is 15.6. The number of rotatable bonds is 4. The van der Waals surface area contributed by atoms with Gasteiger partial charge in [0.25, 0.3) is 0 Å². The van der Waals surface area contributed by atoms with Gasteiger partial charge in [0.1, 0.15) is 0 Å². The molecule has 1 N–H and O–H groups in total. The molecule has 1 atom stereocenters. The molecule has 3 rings (SSSR count). The largest absolute Gasteiger partial charge is 0.416 e. The van der Waals surface area contributed by atoms with E-state index < -0.39 is 11.7 Å². The molecule has 0 aliphatic carbocycles. The SMILES string of the molecule is FC(F)(F)c1cccc(CCC2(N3CCC3)CCCNC2)c1. The topological polar surface area (TPSA) is 15.3 Å². The van der Waals surface area contributed by atoms with Crippen LogP contribution in [0.5, 0.6) is 0 Å². The van der Waals surface area contributed by atoms with Crippen molar-refractivity contribution >= 4 is 0 Å². The van der Waals surface area contributed by atoms with Crippen molar-refractivity contribution < 1.29 is 13.2 Å². The van der Waals surface area contributed by atoms with Gasteiger partial charge < -0.3 is 5.32 Å². The van der Waals surface area contributed by atoms with E-state index in [9.17, 15) is 13.2 Å². The Balaban J connectivity index is 1.69. The van der Waals surface area contributed by atoms with Crippen LogP contribution in [0.3, 0.4) is 0 Å². The van der Waals surface area contributed by atoms with Crippen LogP contribution in [-0.4, -0.2) is 36.6 Å². The minimum absolute atomic E-state index is 0.144. The number of halogens is 3. The van der Waals surface area contributed by atoms with Crippen molar-refractivity contribution in [1.29, 1.82) is 0 Å². The number of alkyl halides is 3. The second-order valence-electron chi connectivity index (χ2n) is 6.54. The number of benzene rings is 1. The zero-order valence-corrected chi connectivity index (χ0v) is 12.8. The molecule has 0 radical (unpaired) electrons. The van der Waals surface area contributed by atoms with Crippen LogP contribution in [0.25, 0.3) is 0 Å². The lowest BCUT2D eigenvalue weighted by Gasteiger charge is -2.51. The molecule has 5 heteroatoms. The third-order valence-electron chi connectivity index (χ3n) is 5.11. The summed E-state index contributed by atoms with van der Waals surface area (Å²) in [6.07, 6.45) is 0.935. The van der Waals surface area contributed by atoms with E-state index in [0.29, 0.717) is 6.42 Å². The molecule has 1 aromatic carbocycles. The van der Waals surface area contributed by atoms with Crippen molar-refractivity contribution in [1.82, 2.24) is 10.2 Å². The van der Waals surface area contributed by atoms with Gasteiger partial charge in [-0.25, -0.2) is 0 Å². The highest BCUT2D eigenvalue weighted by Crippen LogP contribution is 2.34. The van der Waals surface area contributed by atoms with E-state index in [2.05, 4.69) is 10.2 Å². The van der Waals surface area contributed by atoms with Crippen molar-refractivity contribution in [3.8, 4) is 0 Å². The van der Waals surface area contributed by atoms with Crippen LogP contribution in [0, 0.1) is 0 Å². The van der Waals surface area contributed by atoms with Crippen LogP contribution in [0.2, 0.25) is 0 Å². The maximum absolute atomic E-state index is 12.8. The maximum Gasteiger partial charge on any atom is 0.416 e. The predicted molar refractivity (Wildman–Crippen MR) is 80.8 cm³/mol. The Morgan fingerprint density at radius 3 is 2.59 bits per heavy atom. The number of piperidine rings is 1. The molecular weight excluding hydrogens is 289 g/mol. The summed E-state index contributed by atoms with van der Waals surface area (Å²) < 4.78 is 38.4. The Kier molecular flexibility index (Phi) is 4.46. The van der Waals surface area contributed by atoms with Gasteiger partial charge in [-0.1, -0.05) is 18.2 Å². The molecule has 22 heavy (non-hydrogen) atoms. The normalized spacial score (nSPS) is 26.7. The average Bonchev–Trinajstić information content (AvgIpc) is 2.44. The standard InChI is InChI=1S/C17H23F3N2/c18-17(19,20)15-5-1-4-14(12-15)6-8-16(22-10-3-11-22)7-2-9-21-13-16/h1,4-5,12,21H,2-3,6-11,13H2. The van der Waals surface area contributed by atoms with Gasteiger partial charge in [0.05, 0.1) is 5.56 Å². The fourth-order valence-electron chi connectivity index (χ4n) is 3.66. The highest BCUT2D eigenvalue weighted by atomic mass is 19.4. The molecule has 0 aromatic heterocycles. The second-order valence-corrected chi connectivity index (χ2v) is 6.54. The minimum atomic E-state index is -4.25. The first kappa shape index (κ1) is 15.8. The van der Waals surface area contributed by atoms with Crippen LogP contribution in [0.15, 0.2) is 24.3 Å². The number of nitrogens with zero attached hydrogens (tertiary/aromatic N) is 1. The van der Waals surface area contributed by atoms with E-state index in [0.717, 1.165) is 57.1 Å². The van der Waals surface area contributed by atoms with Gasteiger partial charge in [0.15, 0.2) is 0 Å². The quantitative estimate of drug-likeness (QED) is 0.916. The van der Waals surface area contributed by atoms with Gasteiger partial charge in [-0.05, 0) is 63.4 Å². The lowest BCUT2D eigenvalue weighted by Crippen LogP contribution is -2.62. The van der Waals surface area contributed by atoms with E-state index in [4.69, 9.17) is 0 Å². The highest BCUT2D eigenvalue weighted by Gasteiger charge is 2.40. The Morgan fingerprint density at radius 2 is 2.00 bits per heavy atom. The molecule has 2 fully saturated rings. The van der Waals surface area contributed by atoms with Gasteiger partial charge in [0, 0.05) is 12.1 Å². The molecule has 0 spiro atoms. The van der Waals surface area contributed by atoms with Gasteiger partial charge in [-0.15, -0.1) is 0 Å². The smallest absolute Gasteiger partial charge is 0.315 e. The molecular formula is C17H23F3N2. The monoisotopic (exact) mass is 312 g/mol. The number of hydrogen-bond acceptors (Lipinski definition) is 2. The van der Waals surface area contributed by atoms with Crippen molar-refractivity contribution in [2.45, 2.75) is 43.8 Å². The molecule has 0 saturated carbocycles. The summed E-state index contributed by atoms with van der Waals surface area (Å²) in [6.45, 7) is 4.28. The first-order chi connectivity index (χ1) is 10.5. The van der Waals surface area contributed by atoms with Crippen LogP contribution in [-0.2, 0) is 12.6 Å². The number of aryl methyl sites for hydroxylation is 1. The third-order valence-corrected chi connectivity index (χ3v) is 5.11. The molecule has 1 unspecified atom stereocenters. The summed E-state index contributed by atoms with van der Waals surface area (Å²) >= 11 is 0.